The molecule has 19 heavy (non-hydrogen) atoms. The van der Waals surface area contributed by atoms with Crippen molar-refractivity contribution in [3.63, 3.8) is 0 Å². The number of fused-ring (bicyclic) bond motifs is 1. The van der Waals surface area contributed by atoms with Crippen molar-refractivity contribution in [1.29, 1.82) is 0 Å². The molecule has 4 rings (SSSR count). The molecule has 0 saturated heterocycles. The van der Waals surface area contributed by atoms with E-state index in [2.05, 4.69) is 39.7 Å². The van der Waals surface area contributed by atoms with Crippen molar-refractivity contribution in [3.05, 3.63) is 41.5 Å². The quantitative estimate of drug-likeness (QED) is 0.912. The normalized spacial score (nSPS) is 21.2. The molecule has 1 aliphatic carbocycles. The van der Waals surface area contributed by atoms with Crippen LogP contribution in [-0.4, -0.2) is 16.7 Å². The third kappa shape index (κ3) is 2.23. The maximum absolute atomic E-state index is 5.38. The molecule has 98 valence electrons. The highest BCUT2D eigenvalue weighted by atomic mass is 16.5. The molecule has 2 heterocycles. The second-order valence-corrected chi connectivity index (χ2v) is 5.62. The van der Waals surface area contributed by atoms with E-state index in [1.165, 1.54) is 24.1 Å². The van der Waals surface area contributed by atoms with Crippen LogP contribution in [0.5, 0.6) is 0 Å². The lowest BCUT2D eigenvalue weighted by molar-refractivity contribution is 0.366. The van der Waals surface area contributed by atoms with Gasteiger partial charge in [0, 0.05) is 31.0 Å². The average Bonchev–Trinajstić information content (AvgIpc) is 2.98. The topological polar surface area (TPSA) is 51.0 Å². The number of hydrogen-bond acceptors (Lipinski definition) is 4. The molecular formula is C15H17N3O. The lowest BCUT2D eigenvalue weighted by Gasteiger charge is -2.05. The molecule has 1 fully saturated rings. The fourth-order valence-electron chi connectivity index (χ4n) is 2.79. The number of benzene rings is 1. The van der Waals surface area contributed by atoms with E-state index in [1.54, 1.807) is 0 Å². The SMILES string of the molecule is c1ccc2c(c1)NCC2Cc1nc(CC2CC2)no1. The minimum atomic E-state index is 0.449. The van der Waals surface area contributed by atoms with Gasteiger partial charge in [0.2, 0.25) is 5.89 Å². The molecule has 4 nitrogen and oxygen atoms in total. The predicted octanol–water partition coefficient (Wildman–Crippen LogP) is 2.77. The average molecular weight is 255 g/mol. The molecule has 1 aromatic heterocycles. The maximum Gasteiger partial charge on any atom is 0.227 e. The number of nitrogens with zero attached hydrogens (tertiary/aromatic N) is 2. The van der Waals surface area contributed by atoms with E-state index < -0.39 is 0 Å². The summed E-state index contributed by atoms with van der Waals surface area (Å²) in [4.78, 5) is 4.52. The van der Waals surface area contributed by atoms with Crippen LogP contribution < -0.4 is 5.32 Å². The lowest BCUT2D eigenvalue weighted by Crippen LogP contribution is -2.05. The van der Waals surface area contributed by atoms with Gasteiger partial charge in [-0.3, -0.25) is 0 Å². The van der Waals surface area contributed by atoms with Crippen molar-refractivity contribution in [1.82, 2.24) is 10.1 Å². The minimum absolute atomic E-state index is 0.449. The molecule has 0 radical (unpaired) electrons. The number of nitrogens with one attached hydrogen (secondary N) is 1. The Morgan fingerprint density at radius 2 is 2.11 bits per heavy atom. The Balaban J connectivity index is 1.48. The van der Waals surface area contributed by atoms with Crippen LogP contribution in [0.1, 0.15) is 36.0 Å². The van der Waals surface area contributed by atoms with Gasteiger partial charge in [0.15, 0.2) is 5.82 Å². The van der Waals surface area contributed by atoms with Gasteiger partial charge >= 0.3 is 0 Å². The maximum atomic E-state index is 5.38. The van der Waals surface area contributed by atoms with Gasteiger partial charge < -0.3 is 9.84 Å². The minimum Gasteiger partial charge on any atom is -0.384 e. The van der Waals surface area contributed by atoms with Crippen LogP contribution >= 0.6 is 0 Å². The van der Waals surface area contributed by atoms with Crippen molar-refractivity contribution in [2.45, 2.75) is 31.6 Å². The summed E-state index contributed by atoms with van der Waals surface area (Å²) < 4.78 is 5.38. The van der Waals surface area contributed by atoms with Crippen LogP contribution in [0.3, 0.4) is 0 Å². The summed E-state index contributed by atoms with van der Waals surface area (Å²) in [5.74, 6) is 2.92. The molecular weight excluding hydrogens is 238 g/mol. The lowest BCUT2D eigenvalue weighted by atomic mass is 9.98. The van der Waals surface area contributed by atoms with Crippen LogP contribution in [0, 0.1) is 5.92 Å². The largest absolute Gasteiger partial charge is 0.384 e. The molecule has 2 aliphatic rings. The van der Waals surface area contributed by atoms with Gasteiger partial charge in [0.05, 0.1) is 0 Å². The Hall–Kier alpha value is -1.84. The molecule has 2 aromatic rings. The predicted molar refractivity (Wildman–Crippen MR) is 72.1 cm³/mol. The second kappa shape index (κ2) is 4.37. The van der Waals surface area contributed by atoms with Crippen molar-refractivity contribution < 1.29 is 4.52 Å². The molecule has 0 amide bonds. The molecule has 1 aromatic carbocycles. The Morgan fingerprint density at radius 1 is 1.21 bits per heavy atom. The van der Waals surface area contributed by atoms with Gasteiger partial charge in [-0.15, -0.1) is 0 Å². The zero-order chi connectivity index (χ0) is 12.7. The zero-order valence-corrected chi connectivity index (χ0v) is 10.8. The fraction of sp³-hybridized carbons (Fsp3) is 0.467. The number of rotatable bonds is 4. The third-order valence-electron chi connectivity index (χ3n) is 4.04. The molecule has 1 unspecified atom stereocenters. The van der Waals surface area contributed by atoms with E-state index in [0.717, 1.165) is 37.0 Å². The third-order valence-corrected chi connectivity index (χ3v) is 4.04. The van der Waals surface area contributed by atoms with E-state index in [9.17, 15) is 0 Å². The van der Waals surface area contributed by atoms with Crippen molar-refractivity contribution in [2.24, 2.45) is 5.92 Å². The Morgan fingerprint density at radius 3 is 3.00 bits per heavy atom. The summed E-state index contributed by atoms with van der Waals surface area (Å²) in [7, 11) is 0. The smallest absolute Gasteiger partial charge is 0.227 e. The van der Waals surface area contributed by atoms with E-state index in [1.807, 2.05) is 0 Å². The molecule has 1 saturated carbocycles. The van der Waals surface area contributed by atoms with Gasteiger partial charge in [-0.05, 0) is 30.4 Å². The van der Waals surface area contributed by atoms with Gasteiger partial charge in [-0.2, -0.15) is 4.98 Å². The van der Waals surface area contributed by atoms with Crippen molar-refractivity contribution in [2.75, 3.05) is 11.9 Å². The first-order valence-electron chi connectivity index (χ1n) is 7.03. The van der Waals surface area contributed by atoms with Gasteiger partial charge in [-0.1, -0.05) is 23.4 Å². The fourth-order valence-corrected chi connectivity index (χ4v) is 2.79. The molecule has 1 aliphatic heterocycles. The van der Waals surface area contributed by atoms with Gasteiger partial charge in [-0.25, -0.2) is 0 Å². The van der Waals surface area contributed by atoms with E-state index in [4.69, 9.17) is 4.52 Å². The number of para-hydroxylation sites is 1. The summed E-state index contributed by atoms with van der Waals surface area (Å²) in [5, 5.41) is 7.52. The highest BCUT2D eigenvalue weighted by molar-refractivity contribution is 5.57. The Bertz CT molecular complexity index is 589. The van der Waals surface area contributed by atoms with E-state index in [0.29, 0.717) is 5.92 Å². The van der Waals surface area contributed by atoms with Crippen molar-refractivity contribution >= 4 is 5.69 Å². The number of hydrogen-bond donors (Lipinski definition) is 1. The molecule has 0 bridgehead atoms. The second-order valence-electron chi connectivity index (χ2n) is 5.62. The van der Waals surface area contributed by atoms with Crippen LogP contribution in [0.4, 0.5) is 5.69 Å². The van der Waals surface area contributed by atoms with Crippen LogP contribution in [0.25, 0.3) is 0 Å². The van der Waals surface area contributed by atoms with Crippen LogP contribution in [0.2, 0.25) is 0 Å². The molecule has 4 heteroatoms. The van der Waals surface area contributed by atoms with E-state index in [-0.39, 0.29) is 0 Å². The first-order valence-corrected chi connectivity index (χ1v) is 7.03. The highest BCUT2D eigenvalue weighted by Crippen LogP contribution is 2.34. The summed E-state index contributed by atoms with van der Waals surface area (Å²) in [6.45, 7) is 0.958. The first-order chi connectivity index (χ1) is 9.38. The summed E-state index contributed by atoms with van der Waals surface area (Å²) in [5.41, 5.74) is 2.61. The Labute approximate surface area is 112 Å². The molecule has 0 spiro atoms. The van der Waals surface area contributed by atoms with Crippen LogP contribution in [0.15, 0.2) is 28.8 Å². The zero-order valence-electron chi connectivity index (χ0n) is 10.8. The van der Waals surface area contributed by atoms with Crippen LogP contribution in [-0.2, 0) is 12.8 Å². The van der Waals surface area contributed by atoms with E-state index >= 15 is 0 Å². The standard InChI is InChI=1S/C15H17N3O/c1-2-4-13-12(3-1)11(9-16-13)8-15-17-14(18-19-15)7-10-5-6-10/h1-4,10-11,16H,5-9H2. The number of aromatic nitrogens is 2. The number of anilines is 1. The molecule has 1 N–H and O–H groups in total. The van der Waals surface area contributed by atoms with Gasteiger partial charge in [0.1, 0.15) is 0 Å². The first kappa shape index (κ1) is 11.0. The molecule has 1 atom stereocenters. The van der Waals surface area contributed by atoms with Crippen molar-refractivity contribution in [3.8, 4) is 0 Å². The van der Waals surface area contributed by atoms with Gasteiger partial charge in [0.25, 0.3) is 0 Å². The highest BCUT2D eigenvalue weighted by Gasteiger charge is 2.26. The summed E-state index contributed by atoms with van der Waals surface area (Å²) in [6, 6.07) is 8.46. The monoisotopic (exact) mass is 255 g/mol. The summed E-state index contributed by atoms with van der Waals surface area (Å²) >= 11 is 0. The Kier molecular flexibility index (Phi) is 2.53. The summed E-state index contributed by atoms with van der Waals surface area (Å²) in [6.07, 6.45) is 4.47.